The molecule has 0 aromatic heterocycles. The number of aliphatic hydroxyl groups is 1. The largest absolute Gasteiger partial charge is 0.479 e. The number of aliphatic carboxylic acids is 1. The van der Waals surface area contributed by atoms with Crippen molar-refractivity contribution in [2.24, 2.45) is 0 Å². The number of halogens is 1. The maximum absolute atomic E-state index is 10.4. The third-order valence-corrected chi connectivity index (χ3v) is 1.76. The Morgan fingerprint density at radius 3 is 2.20 bits per heavy atom. The molecule has 0 saturated carbocycles. The molecule has 1 heterocycles. The predicted molar refractivity (Wildman–Crippen MR) is 55.5 cm³/mol. The van der Waals surface area contributed by atoms with Crippen molar-refractivity contribution in [1.29, 1.82) is 0 Å². The minimum Gasteiger partial charge on any atom is -0.479 e. The summed E-state index contributed by atoms with van der Waals surface area (Å²) in [6.07, 6.45) is -0.767. The fourth-order valence-corrected chi connectivity index (χ4v) is 1.28. The molecule has 3 atom stereocenters. The van der Waals surface area contributed by atoms with Crippen molar-refractivity contribution in [2.75, 3.05) is 7.18 Å². The number of carboxylic acid groups (broad SMARTS) is 1. The van der Waals surface area contributed by atoms with Gasteiger partial charge in [0.1, 0.15) is 0 Å². The lowest BCUT2D eigenvalue weighted by Crippen LogP contribution is -2.38. The first-order valence-electron chi connectivity index (χ1n) is 4.53. The summed E-state index contributed by atoms with van der Waals surface area (Å²) in [6, 6.07) is 0. The van der Waals surface area contributed by atoms with Crippen LogP contribution in [0.3, 0.4) is 0 Å². The maximum atomic E-state index is 10.4. The highest BCUT2D eigenvalue weighted by atomic mass is 19.1. The van der Waals surface area contributed by atoms with Crippen LogP contribution >= 0.6 is 0 Å². The zero-order valence-electron chi connectivity index (χ0n) is 9.15. The van der Waals surface area contributed by atoms with E-state index in [-0.39, 0.29) is 12.5 Å². The summed E-state index contributed by atoms with van der Waals surface area (Å²) < 4.78 is 14.6. The molecule has 90 valence electrons. The number of carboxylic acids is 1. The Kier molecular flexibility index (Phi) is 10.6. The van der Waals surface area contributed by atoms with Crippen LogP contribution in [0, 0.1) is 0 Å². The van der Waals surface area contributed by atoms with Crippen LogP contribution in [0.5, 0.6) is 0 Å². The van der Waals surface area contributed by atoms with Gasteiger partial charge in [-0.3, -0.25) is 4.39 Å². The monoisotopic (exact) mass is 222 g/mol. The quantitative estimate of drug-likeness (QED) is 0.658. The molecule has 0 aromatic rings. The van der Waals surface area contributed by atoms with Crippen molar-refractivity contribution in [3.63, 3.8) is 0 Å². The van der Waals surface area contributed by atoms with Gasteiger partial charge in [-0.2, -0.15) is 0 Å². The number of alkyl halides is 1. The van der Waals surface area contributed by atoms with Crippen molar-refractivity contribution in [3.8, 4) is 0 Å². The van der Waals surface area contributed by atoms with E-state index in [1.165, 1.54) is 0 Å². The molecule has 1 aliphatic rings. The Morgan fingerprint density at radius 1 is 1.40 bits per heavy atom. The van der Waals surface area contributed by atoms with E-state index in [2.05, 4.69) is 13.2 Å². The van der Waals surface area contributed by atoms with Gasteiger partial charge in [0, 0.05) is 6.42 Å². The van der Waals surface area contributed by atoms with Crippen LogP contribution in [0.1, 0.15) is 19.8 Å². The molecule has 1 unspecified atom stereocenters. The molecule has 0 radical (unpaired) electrons. The Hall–Kier alpha value is -0.940. The third-order valence-electron chi connectivity index (χ3n) is 1.76. The average molecular weight is 222 g/mol. The molecule has 0 amide bonds. The van der Waals surface area contributed by atoms with E-state index in [0.717, 1.165) is 0 Å². The molecule has 1 fully saturated rings. The summed E-state index contributed by atoms with van der Waals surface area (Å²) in [5, 5.41) is 17.7. The van der Waals surface area contributed by atoms with Gasteiger partial charge in [-0.25, -0.2) is 4.79 Å². The molecule has 1 rings (SSSR count). The molecule has 15 heavy (non-hydrogen) atoms. The smallest absolute Gasteiger partial charge is 0.332 e. The van der Waals surface area contributed by atoms with Crippen LogP contribution in [0.15, 0.2) is 13.2 Å². The number of hydrogen-bond acceptors (Lipinski definition) is 3. The molecule has 0 spiro atoms. The Morgan fingerprint density at radius 2 is 1.87 bits per heavy atom. The topological polar surface area (TPSA) is 66.8 Å². The number of rotatable bonds is 1. The van der Waals surface area contributed by atoms with Crippen LogP contribution in [0.2, 0.25) is 0 Å². The normalized spacial score (nSPS) is 28.9. The van der Waals surface area contributed by atoms with E-state index < -0.39 is 18.2 Å². The summed E-state index contributed by atoms with van der Waals surface area (Å²) in [7, 11) is 0.500. The highest BCUT2D eigenvalue weighted by Gasteiger charge is 2.30. The lowest BCUT2D eigenvalue weighted by Gasteiger charge is -2.28. The van der Waals surface area contributed by atoms with E-state index in [1.54, 1.807) is 6.92 Å². The molecule has 2 N–H and O–H groups in total. The highest BCUT2D eigenvalue weighted by Crippen LogP contribution is 2.18. The lowest BCUT2D eigenvalue weighted by atomic mass is 10.0. The minimum atomic E-state index is -0.990. The average Bonchev–Trinajstić information content (AvgIpc) is 2.22. The second-order valence-corrected chi connectivity index (χ2v) is 2.90. The van der Waals surface area contributed by atoms with Crippen LogP contribution in [0.25, 0.3) is 0 Å². The van der Waals surface area contributed by atoms with Gasteiger partial charge in [0.15, 0.2) is 6.10 Å². The van der Waals surface area contributed by atoms with Gasteiger partial charge in [-0.05, 0) is 13.3 Å². The number of carbonyl (C=O) groups is 1. The van der Waals surface area contributed by atoms with E-state index in [4.69, 9.17) is 14.9 Å². The minimum absolute atomic E-state index is 0.153. The van der Waals surface area contributed by atoms with E-state index in [9.17, 15) is 9.18 Å². The van der Waals surface area contributed by atoms with Crippen molar-refractivity contribution in [2.45, 2.75) is 38.1 Å². The molecule has 4 nitrogen and oxygen atoms in total. The van der Waals surface area contributed by atoms with Crippen LogP contribution in [-0.4, -0.2) is 41.7 Å². The van der Waals surface area contributed by atoms with Crippen molar-refractivity contribution >= 4 is 5.97 Å². The fourth-order valence-electron chi connectivity index (χ4n) is 1.28. The van der Waals surface area contributed by atoms with Gasteiger partial charge in [-0.15, -0.1) is 13.2 Å². The van der Waals surface area contributed by atoms with Gasteiger partial charge in [0.25, 0.3) is 0 Å². The van der Waals surface area contributed by atoms with Crippen LogP contribution < -0.4 is 0 Å². The summed E-state index contributed by atoms with van der Waals surface area (Å²) >= 11 is 0. The van der Waals surface area contributed by atoms with Crippen LogP contribution in [-0.2, 0) is 9.53 Å². The summed E-state index contributed by atoms with van der Waals surface area (Å²) in [5.41, 5.74) is 0. The summed E-state index contributed by atoms with van der Waals surface area (Å²) in [6.45, 7) is 7.76. The van der Waals surface area contributed by atoms with Crippen molar-refractivity contribution in [1.82, 2.24) is 0 Å². The second kappa shape index (κ2) is 9.61. The van der Waals surface area contributed by atoms with Crippen LogP contribution in [0.4, 0.5) is 4.39 Å². The molecule has 0 aromatic carbocycles. The first-order valence-corrected chi connectivity index (χ1v) is 4.53. The molecule has 5 heteroatoms. The van der Waals surface area contributed by atoms with E-state index in [1.807, 2.05) is 0 Å². The Bertz CT molecular complexity index is 165. The molecule has 1 saturated heterocycles. The van der Waals surface area contributed by atoms with Gasteiger partial charge in [-0.1, -0.05) is 0 Å². The van der Waals surface area contributed by atoms with Crippen molar-refractivity contribution < 1.29 is 24.1 Å². The number of hydrogen-bond donors (Lipinski definition) is 2. The third kappa shape index (κ3) is 7.04. The molecular weight excluding hydrogens is 203 g/mol. The molecule has 0 aliphatic carbocycles. The first kappa shape index (κ1) is 16.5. The van der Waals surface area contributed by atoms with Crippen molar-refractivity contribution in [3.05, 3.63) is 13.2 Å². The highest BCUT2D eigenvalue weighted by molar-refractivity contribution is 5.72. The molecular formula is C10H19FO4. The number of ether oxygens (including phenoxy) is 1. The molecule has 1 aliphatic heterocycles. The lowest BCUT2D eigenvalue weighted by molar-refractivity contribution is -0.164. The fraction of sp³-hybridized carbons (Fsp3) is 0.700. The second-order valence-electron chi connectivity index (χ2n) is 2.90. The van der Waals surface area contributed by atoms with Gasteiger partial charge < -0.3 is 14.9 Å². The maximum Gasteiger partial charge on any atom is 0.332 e. The van der Waals surface area contributed by atoms with E-state index in [0.29, 0.717) is 13.6 Å². The van der Waals surface area contributed by atoms with Gasteiger partial charge in [0.05, 0.1) is 19.4 Å². The number of aliphatic hydroxyl groups excluding tert-OH is 1. The zero-order valence-corrected chi connectivity index (χ0v) is 9.15. The summed E-state index contributed by atoms with van der Waals surface area (Å²) in [4.78, 5) is 10.4. The van der Waals surface area contributed by atoms with Gasteiger partial charge in [0.2, 0.25) is 0 Å². The summed E-state index contributed by atoms with van der Waals surface area (Å²) in [5.74, 6) is -0.990. The van der Waals surface area contributed by atoms with E-state index >= 15 is 0 Å². The Balaban J connectivity index is 0. The Labute approximate surface area is 89.4 Å². The van der Waals surface area contributed by atoms with Gasteiger partial charge >= 0.3 is 5.97 Å². The predicted octanol–water partition coefficient (Wildman–Crippen LogP) is 1.39. The molecule has 0 bridgehead atoms. The standard InChI is InChI=1S/C7H12O4.C2H4.CH3F/c1-4-2-5(8)3-6(11-4)7(9)10;2*1-2/h4-6,8H,2-3H2,1H3,(H,9,10);1-2H2;1H3/t4?,5-,6+;;/m1../s1. The zero-order chi connectivity index (χ0) is 12.4. The SMILES string of the molecule is C=C.CC1C[C@@H](O)C[C@@H](C(=O)O)O1.CF. The first-order chi connectivity index (χ1) is 7.09.